The van der Waals surface area contributed by atoms with Crippen LogP contribution in [0.5, 0.6) is 5.75 Å². The van der Waals surface area contributed by atoms with Crippen LogP contribution in [0.2, 0.25) is 0 Å². The Balaban J connectivity index is 1.41. The maximum atomic E-state index is 13.5. The number of benzene rings is 2. The molecule has 0 unspecified atom stereocenters. The Bertz CT molecular complexity index is 817. The molecule has 0 bridgehead atoms. The summed E-state index contributed by atoms with van der Waals surface area (Å²) in [7, 11) is 0. The number of nitro groups is 1. The lowest BCUT2D eigenvalue weighted by atomic mass is 10.1. The van der Waals surface area contributed by atoms with Crippen LogP contribution < -0.4 is 4.74 Å². The zero-order valence-electron chi connectivity index (χ0n) is 14.3. The van der Waals surface area contributed by atoms with Crippen LogP contribution in [0.3, 0.4) is 0 Å². The highest BCUT2D eigenvalue weighted by molar-refractivity contribution is 5.46. The van der Waals surface area contributed by atoms with Crippen molar-refractivity contribution in [2.75, 3.05) is 13.2 Å². The molecule has 4 atom stereocenters. The molecule has 2 saturated heterocycles. The number of ether oxygens (including phenoxy) is 4. The molecule has 2 fully saturated rings. The number of hydrogen-bond donors (Lipinski definition) is 0. The fourth-order valence-electron chi connectivity index (χ4n) is 3.35. The predicted octanol–water partition coefficient (Wildman–Crippen LogP) is 2.86. The SMILES string of the molecule is O=[N+]([O-])c1ccc(F)cc1O[C@H]1CO[C@H]2[C@@H]1OC[C@H]2OCc1ccccc1. The van der Waals surface area contributed by atoms with E-state index in [1.807, 2.05) is 30.3 Å². The summed E-state index contributed by atoms with van der Waals surface area (Å²) in [5.74, 6) is -0.742. The van der Waals surface area contributed by atoms with Crippen molar-refractivity contribution in [1.82, 2.24) is 0 Å². The van der Waals surface area contributed by atoms with Crippen molar-refractivity contribution < 1.29 is 28.3 Å². The van der Waals surface area contributed by atoms with E-state index in [1.54, 1.807) is 0 Å². The normalized spacial score (nSPS) is 26.7. The minimum Gasteiger partial charge on any atom is -0.478 e. The standard InChI is InChI=1S/C19H18FNO6/c20-13-6-7-14(21(22)23)15(8-13)27-17-11-26-18-16(10-25-19(17)18)24-9-12-4-2-1-3-5-12/h1-8,16-19H,9-11H2/t16-,17+,18-,19-/m1/s1. The van der Waals surface area contributed by atoms with Crippen LogP contribution in [0.1, 0.15) is 5.56 Å². The molecule has 2 aliphatic rings. The molecule has 27 heavy (non-hydrogen) atoms. The minimum absolute atomic E-state index is 0.133. The summed E-state index contributed by atoms with van der Waals surface area (Å²) in [5, 5.41) is 11.1. The van der Waals surface area contributed by atoms with Gasteiger partial charge in [-0.05, 0) is 11.6 Å². The molecule has 0 aliphatic carbocycles. The van der Waals surface area contributed by atoms with Crippen molar-refractivity contribution in [1.29, 1.82) is 0 Å². The zero-order chi connectivity index (χ0) is 18.8. The number of hydrogen-bond acceptors (Lipinski definition) is 6. The highest BCUT2D eigenvalue weighted by Crippen LogP contribution is 2.35. The minimum atomic E-state index is -0.609. The topological polar surface area (TPSA) is 80.1 Å². The molecule has 8 heteroatoms. The summed E-state index contributed by atoms with van der Waals surface area (Å²) in [6, 6.07) is 12.9. The van der Waals surface area contributed by atoms with Crippen LogP contribution in [0.4, 0.5) is 10.1 Å². The highest BCUT2D eigenvalue weighted by atomic mass is 19.1. The maximum absolute atomic E-state index is 13.5. The lowest BCUT2D eigenvalue weighted by Gasteiger charge is -2.18. The Morgan fingerprint density at radius 3 is 2.52 bits per heavy atom. The van der Waals surface area contributed by atoms with Gasteiger partial charge in [-0.15, -0.1) is 0 Å². The first-order valence-corrected chi connectivity index (χ1v) is 8.61. The highest BCUT2D eigenvalue weighted by Gasteiger charge is 2.50. The van der Waals surface area contributed by atoms with E-state index >= 15 is 0 Å². The molecule has 0 aromatic heterocycles. The van der Waals surface area contributed by atoms with E-state index in [2.05, 4.69) is 0 Å². The molecule has 2 aliphatic heterocycles. The maximum Gasteiger partial charge on any atom is 0.311 e. The zero-order valence-corrected chi connectivity index (χ0v) is 14.3. The number of halogens is 1. The van der Waals surface area contributed by atoms with Gasteiger partial charge in [-0.25, -0.2) is 4.39 Å². The molecule has 0 N–H and O–H groups in total. The van der Waals surface area contributed by atoms with Crippen molar-refractivity contribution in [3.8, 4) is 5.75 Å². The van der Waals surface area contributed by atoms with Gasteiger partial charge in [0.2, 0.25) is 0 Å². The molecule has 142 valence electrons. The lowest BCUT2D eigenvalue weighted by Crippen LogP contribution is -2.35. The summed E-state index contributed by atoms with van der Waals surface area (Å²) in [4.78, 5) is 10.5. The largest absolute Gasteiger partial charge is 0.478 e. The second kappa shape index (κ2) is 7.59. The average Bonchev–Trinajstić information content (AvgIpc) is 3.24. The lowest BCUT2D eigenvalue weighted by molar-refractivity contribution is -0.386. The van der Waals surface area contributed by atoms with Crippen LogP contribution in [-0.4, -0.2) is 42.6 Å². The first-order valence-electron chi connectivity index (χ1n) is 8.61. The third-order valence-electron chi connectivity index (χ3n) is 4.67. The van der Waals surface area contributed by atoms with E-state index in [0.29, 0.717) is 13.2 Å². The molecule has 2 aromatic rings. The Kier molecular flexibility index (Phi) is 5.02. The van der Waals surface area contributed by atoms with Crippen LogP contribution >= 0.6 is 0 Å². The van der Waals surface area contributed by atoms with Crippen molar-refractivity contribution in [3.05, 3.63) is 70.0 Å². The summed E-state index contributed by atoms with van der Waals surface area (Å²) < 4.78 is 36.6. The van der Waals surface area contributed by atoms with Crippen molar-refractivity contribution in [2.24, 2.45) is 0 Å². The molecule has 0 saturated carbocycles. The van der Waals surface area contributed by atoms with Crippen molar-refractivity contribution in [3.63, 3.8) is 0 Å². The third kappa shape index (κ3) is 3.78. The van der Waals surface area contributed by atoms with Gasteiger partial charge in [0.15, 0.2) is 11.9 Å². The molecule has 2 aromatic carbocycles. The molecule has 0 spiro atoms. The first kappa shape index (κ1) is 17.8. The van der Waals surface area contributed by atoms with Crippen LogP contribution in [0, 0.1) is 15.9 Å². The van der Waals surface area contributed by atoms with Gasteiger partial charge in [-0.2, -0.15) is 0 Å². The molecular weight excluding hydrogens is 357 g/mol. The molecular formula is C19H18FNO6. The quantitative estimate of drug-likeness (QED) is 0.571. The fourth-order valence-corrected chi connectivity index (χ4v) is 3.35. The molecule has 7 nitrogen and oxygen atoms in total. The number of fused-ring (bicyclic) bond motifs is 1. The summed E-state index contributed by atoms with van der Waals surface area (Å²) in [6.45, 7) is 0.962. The molecule has 2 heterocycles. The average molecular weight is 375 g/mol. The van der Waals surface area contributed by atoms with Gasteiger partial charge in [-0.1, -0.05) is 30.3 Å². The van der Waals surface area contributed by atoms with Gasteiger partial charge < -0.3 is 18.9 Å². The van der Waals surface area contributed by atoms with Crippen molar-refractivity contribution in [2.45, 2.75) is 31.0 Å². The van der Waals surface area contributed by atoms with Gasteiger partial charge in [0.1, 0.15) is 24.1 Å². The number of rotatable bonds is 6. The Morgan fingerprint density at radius 2 is 1.78 bits per heavy atom. The molecule has 4 rings (SSSR count). The van der Waals surface area contributed by atoms with E-state index in [1.165, 1.54) is 0 Å². The van der Waals surface area contributed by atoms with Gasteiger partial charge >= 0.3 is 5.69 Å². The fraction of sp³-hybridized carbons (Fsp3) is 0.368. The smallest absolute Gasteiger partial charge is 0.311 e. The van der Waals surface area contributed by atoms with Gasteiger partial charge in [0.25, 0.3) is 0 Å². The Morgan fingerprint density at radius 1 is 1.07 bits per heavy atom. The van der Waals surface area contributed by atoms with E-state index in [-0.39, 0.29) is 30.3 Å². The number of nitrogens with zero attached hydrogens (tertiary/aromatic N) is 1. The molecule has 0 amide bonds. The van der Waals surface area contributed by atoms with Crippen LogP contribution in [0.15, 0.2) is 48.5 Å². The van der Waals surface area contributed by atoms with Crippen LogP contribution in [-0.2, 0) is 20.8 Å². The Labute approximate surface area is 154 Å². The van der Waals surface area contributed by atoms with E-state index < -0.39 is 22.9 Å². The van der Waals surface area contributed by atoms with Crippen LogP contribution in [0.25, 0.3) is 0 Å². The summed E-state index contributed by atoms with van der Waals surface area (Å²) in [6.07, 6.45) is -1.58. The first-order chi connectivity index (χ1) is 13.1. The van der Waals surface area contributed by atoms with Gasteiger partial charge in [-0.3, -0.25) is 10.1 Å². The van der Waals surface area contributed by atoms with Gasteiger partial charge in [0.05, 0.1) is 24.7 Å². The second-order valence-corrected chi connectivity index (χ2v) is 6.46. The third-order valence-corrected chi connectivity index (χ3v) is 4.67. The van der Waals surface area contributed by atoms with E-state index in [9.17, 15) is 14.5 Å². The van der Waals surface area contributed by atoms with E-state index in [0.717, 1.165) is 23.8 Å². The second-order valence-electron chi connectivity index (χ2n) is 6.46. The summed E-state index contributed by atoms with van der Waals surface area (Å²) in [5.41, 5.74) is 0.747. The summed E-state index contributed by atoms with van der Waals surface area (Å²) >= 11 is 0. The molecule has 0 radical (unpaired) electrons. The Hall–Kier alpha value is -2.55. The van der Waals surface area contributed by atoms with Crippen molar-refractivity contribution >= 4 is 5.69 Å². The monoisotopic (exact) mass is 375 g/mol. The van der Waals surface area contributed by atoms with E-state index in [4.69, 9.17) is 18.9 Å². The number of nitro benzene ring substituents is 1. The van der Waals surface area contributed by atoms with Gasteiger partial charge in [0, 0.05) is 12.1 Å². The predicted molar refractivity (Wildman–Crippen MR) is 92.0 cm³/mol.